The second kappa shape index (κ2) is 7.33. The van der Waals surface area contributed by atoms with Crippen LogP contribution in [0.2, 0.25) is 0 Å². The number of rotatable bonds is 6. The summed E-state index contributed by atoms with van der Waals surface area (Å²) in [5.41, 5.74) is 0.798. The first-order valence-electron chi connectivity index (χ1n) is 8.78. The number of hydrogen-bond donors (Lipinski definition) is 4. The van der Waals surface area contributed by atoms with E-state index in [0.29, 0.717) is 17.9 Å². The summed E-state index contributed by atoms with van der Waals surface area (Å²) in [6.45, 7) is -2.70. The van der Waals surface area contributed by atoms with Crippen LogP contribution in [0.4, 0.5) is 8.78 Å². The van der Waals surface area contributed by atoms with Gasteiger partial charge in [0, 0.05) is 0 Å². The molecule has 1 spiro atoms. The molecule has 0 aromatic carbocycles. The van der Waals surface area contributed by atoms with Crippen molar-refractivity contribution in [2.45, 2.75) is 69.5 Å². The number of halogens is 2. The molecule has 0 bridgehead atoms. The zero-order valence-corrected chi connectivity index (χ0v) is 13.7. The second-order valence-corrected chi connectivity index (χ2v) is 7.62. The molecule has 0 amide bonds. The van der Waals surface area contributed by atoms with Crippen molar-refractivity contribution in [3.05, 3.63) is 11.6 Å². The molecule has 3 rings (SSSR count). The Kier molecular flexibility index (Phi) is 5.56. The van der Waals surface area contributed by atoms with Gasteiger partial charge < -0.3 is 25.4 Å². The highest BCUT2D eigenvalue weighted by Crippen LogP contribution is 2.57. The lowest BCUT2D eigenvalue weighted by atomic mass is 9.79. The molecule has 3 aliphatic carbocycles. The molecule has 0 unspecified atom stereocenters. The predicted molar refractivity (Wildman–Crippen MR) is 83.5 cm³/mol. The van der Waals surface area contributed by atoms with Gasteiger partial charge in [-0.2, -0.15) is 8.78 Å². The molecule has 0 aliphatic heterocycles. The van der Waals surface area contributed by atoms with Crippen molar-refractivity contribution in [2.24, 2.45) is 11.3 Å². The average Bonchev–Trinajstić information content (AvgIpc) is 3.32. The van der Waals surface area contributed by atoms with Gasteiger partial charge >= 0.3 is 6.61 Å². The van der Waals surface area contributed by atoms with Crippen molar-refractivity contribution in [2.75, 3.05) is 13.2 Å². The van der Waals surface area contributed by atoms with Crippen LogP contribution in [-0.4, -0.2) is 59.4 Å². The molecule has 4 N–H and O–H groups in total. The number of nitrogens with one attached hydrogen (secondary N) is 1. The maximum absolute atomic E-state index is 12.2. The molecule has 2 saturated carbocycles. The number of alkyl halides is 2. The zero-order chi connectivity index (χ0) is 17.3. The van der Waals surface area contributed by atoms with Gasteiger partial charge in [0.2, 0.25) is 0 Å². The Labute approximate surface area is 140 Å². The largest absolute Gasteiger partial charge is 0.388 e. The lowest BCUT2D eigenvalue weighted by Crippen LogP contribution is -2.54. The summed E-state index contributed by atoms with van der Waals surface area (Å²) < 4.78 is 28.6. The van der Waals surface area contributed by atoms with Crippen molar-refractivity contribution in [1.82, 2.24) is 5.32 Å². The normalized spacial score (nSPS) is 36.2. The van der Waals surface area contributed by atoms with Crippen LogP contribution < -0.4 is 5.32 Å². The number of aliphatic hydroxyl groups is 3. The monoisotopic (exact) mass is 347 g/mol. The molecular formula is C17H27F2NO4. The molecule has 5 nitrogen and oxygen atoms in total. The number of aliphatic hydroxyl groups excluding tert-OH is 3. The first-order chi connectivity index (χ1) is 11.4. The average molecular weight is 347 g/mol. The van der Waals surface area contributed by atoms with Crippen LogP contribution in [0, 0.1) is 11.3 Å². The van der Waals surface area contributed by atoms with Crippen molar-refractivity contribution < 1.29 is 28.8 Å². The molecule has 0 aromatic heterocycles. The van der Waals surface area contributed by atoms with E-state index in [4.69, 9.17) is 0 Å². The molecule has 0 saturated heterocycles. The van der Waals surface area contributed by atoms with Gasteiger partial charge in [0.05, 0.1) is 12.6 Å². The Morgan fingerprint density at radius 3 is 2.38 bits per heavy atom. The second-order valence-electron chi connectivity index (χ2n) is 7.62. The van der Waals surface area contributed by atoms with E-state index in [-0.39, 0.29) is 5.57 Å². The van der Waals surface area contributed by atoms with Gasteiger partial charge in [-0.25, -0.2) is 0 Å². The Morgan fingerprint density at radius 2 is 1.79 bits per heavy atom. The van der Waals surface area contributed by atoms with Crippen LogP contribution in [0.25, 0.3) is 0 Å². The van der Waals surface area contributed by atoms with E-state index in [2.05, 4.69) is 10.1 Å². The van der Waals surface area contributed by atoms with Gasteiger partial charge in [-0.05, 0) is 62.0 Å². The van der Waals surface area contributed by atoms with Crippen molar-refractivity contribution >= 4 is 0 Å². The molecule has 2 fully saturated rings. The first-order valence-corrected chi connectivity index (χ1v) is 8.78. The molecule has 0 aromatic rings. The van der Waals surface area contributed by atoms with Crippen LogP contribution in [0.5, 0.6) is 0 Å². The van der Waals surface area contributed by atoms with E-state index in [9.17, 15) is 24.1 Å². The molecule has 7 heteroatoms. The molecule has 0 radical (unpaired) electrons. The highest BCUT2D eigenvalue weighted by molar-refractivity contribution is 5.22. The summed E-state index contributed by atoms with van der Waals surface area (Å²) in [7, 11) is 0. The minimum absolute atomic E-state index is 0.172. The molecule has 3 aliphatic rings. The van der Waals surface area contributed by atoms with Crippen LogP contribution >= 0.6 is 0 Å². The fourth-order valence-corrected chi connectivity index (χ4v) is 3.99. The molecular weight excluding hydrogens is 320 g/mol. The minimum Gasteiger partial charge on any atom is -0.388 e. The van der Waals surface area contributed by atoms with Crippen LogP contribution in [0.15, 0.2) is 11.6 Å². The fraction of sp³-hybridized carbons (Fsp3) is 0.882. The summed E-state index contributed by atoms with van der Waals surface area (Å²) in [6, 6.07) is -0.573. The van der Waals surface area contributed by atoms with Gasteiger partial charge in [0.1, 0.15) is 18.3 Å². The van der Waals surface area contributed by atoms with Crippen LogP contribution in [0.3, 0.4) is 0 Å². The van der Waals surface area contributed by atoms with E-state index in [1.165, 1.54) is 31.8 Å². The van der Waals surface area contributed by atoms with E-state index >= 15 is 0 Å². The summed E-state index contributed by atoms with van der Waals surface area (Å²) in [5, 5.41) is 33.2. The molecule has 24 heavy (non-hydrogen) atoms. The standard InChI is InChI=1S/C17H27F2NO4/c18-16(19)24-9-11-7-12(14(22)15(23)13(11)21)20-8-10-1-3-17(4-2-10)5-6-17/h7,10,12-16,20-23H,1-6,8-9H2/t12-,13+,14+,15+/m1/s1. The van der Waals surface area contributed by atoms with Crippen molar-refractivity contribution in [1.29, 1.82) is 0 Å². The van der Waals surface area contributed by atoms with Gasteiger partial charge in [-0.15, -0.1) is 0 Å². The maximum atomic E-state index is 12.2. The highest BCUT2D eigenvalue weighted by atomic mass is 19.3. The van der Waals surface area contributed by atoms with Crippen LogP contribution in [-0.2, 0) is 4.74 Å². The summed E-state index contributed by atoms with van der Waals surface area (Å²) in [4.78, 5) is 0. The van der Waals surface area contributed by atoms with E-state index in [0.717, 1.165) is 12.8 Å². The summed E-state index contributed by atoms with van der Waals surface area (Å²) in [5.74, 6) is 0.529. The number of ether oxygens (including phenoxy) is 1. The maximum Gasteiger partial charge on any atom is 0.345 e. The zero-order valence-electron chi connectivity index (χ0n) is 13.7. The Balaban J connectivity index is 1.54. The van der Waals surface area contributed by atoms with Crippen molar-refractivity contribution in [3.8, 4) is 0 Å². The van der Waals surface area contributed by atoms with E-state index in [1.807, 2.05) is 0 Å². The third-order valence-electron chi connectivity index (χ3n) is 5.96. The minimum atomic E-state index is -2.94. The first kappa shape index (κ1) is 18.2. The quantitative estimate of drug-likeness (QED) is 0.543. The lowest BCUT2D eigenvalue weighted by Gasteiger charge is -2.36. The summed E-state index contributed by atoms with van der Waals surface area (Å²) >= 11 is 0. The topological polar surface area (TPSA) is 82.0 Å². The Hall–Kier alpha value is -0.600. The lowest BCUT2D eigenvalue weighted by molar-refractivity contribution is -0.129. The predicted octanol–water partition coefficient (Wildman–Crippen LogP) is 1.18. The van der Waals surface area contributed by atoms with E-state index < -0.39 is 37.6 Å². The fourth-order valence-electron chi connectivity index (χ4n) is 3.99. The SMILES string of the molecule is O[C@@H]1[C@@H](O)[C@@H](O)C(COC(F)F)=C[C@H]1NCC1CCC2(CC1)CC2. The molecule has 138 valence electrons. The summed E-state index contributed by atoms with van der Waals surface area (Å²) in [6.07, 6.45) is 5.09. The van der Waals surface area contributed by atoms with Crippen molar-refractivity contribution in [3.63, 3.8) is 0 Å². The highest BCUT2D eigenvalue weighted by Gasteiger charge is 2.45. The Bertz CT molecular complexity index is 460. The molecule has 0 heterocycles. The van der Waals surface area contributed by atoms with Gasteiger partial charge in [-0.1, -0.05) is 6.08 Å². The third kappa shape index (κ3) is 4.14. The van der Waals surface area contributed by atoms with Gasteiger partial charge in [0.15, 0.2) is 0 Å². The molecule has 4 atom stereocenters. The smallest absolute Gasteiger partial charge is 0.345 e. The van der Waals surface area contributed by atoms with Gasteiger partial charge in [-0.3, -0.25) is 0 Å². The number of hydrogen-bond acceptors (Lipinski definition) is 5. The third-order valence-corrected chi connectivity index (χ3v) is 5.96. The Morgan fingerprint density at radius 1 is 1.12 bits per heavy atom. The van der Waals surface area contributed by atoms with Crippen LogP contribution in [0.1, 0.15) is 38.5 Å². The van der Waals surface area contributed by atoms with E-state index in [1.54, 1.807) is 0 Å². The van der Waals surface area contributed by atoms with Gasteiger partial charge in [0.25, 0.3) is 0 Å².